The van der Waals surface area contributed by atoms with Gasteiger partial charge in [0.1, 0.15) is 5.75 Å². The van der Waals surface area contributed by atoms with E-state index in [1.54, 1.807) is 14.2 Å². The van der Waals surface area contributed by atoms with E-state index in [0.717, 1.165) is 24.3 Å². The number of methoxy groups -OCH3 is 2. The molecule has 0 aliphatic heterocycles. The predicted octanol–water partition coefficient (Wildman–Crippen LogP) is 3.05. The van der Waals surface area contributed by atoms with Gasteiger partial charge in [-0.3, -0.25) is 0 Å². The molecule has 0 fully saturated rings. The van der Waals surface area contributed by atoms with Crippen LogP contribution < -0.4 is 4.74 Å². The van der Waals surface area contributed by atoms with Crippen LogP contribution >= 0.6 is 0 Å². The van der Waals surface area contributed by atoms with Crippen LogP contribution in [0.2, 0.25) is 0 Å². The van der Waals surface area contributed by atoms with Crippen LogP contribution in [0.15, 0.2) is 24.3 Å². The van der Waals surface area contributed by atoms with Crippen molar-refractivity contribution in [3.8, 4) is 5.75 Å². The third kappa shape index (κ3) is 3.76. The van der Waals surface area contributed by atoms with Crippen LogP contribution in [0.5, 0.6) is 5.75 Å². The van der Waals surface area contributed by atoms with E-state index in [1.807, 2.05) is 12.1 Å². The fourth-order valence-electron chi connectivity index (χ4n) is 1.38. The molecule has 0 bridgehead atoms. The highest BCUT2D eigenvalue weighted by molar-refractivity contribution is 5.58. The summed E-state index contributed by atoms with van der Waals surface area (Å²) in [5.41, 5.74) is 2.36. The second-order valence-electron chi connectivity index (χ2n) is 3.43. The molecule has 0 saturated carbocycles. The molecule has 0 amide bonds. The Morgan fingerprint density at radius 1 is 1.27 bits per heavy atom. The van der Waals surface area contributed by atoms with E-state index in [9.17, 15) is 0 Å². The van der Waals surface area contributed by atoms with Gasteiger partial charge in [0, 0.05) is 19.3 Å². The summed E-state index contributed by atoms with van der Waals surface area (Å²) < 4.78 is 10.3. The van der Waals surface area contributed by atoms with Crippen molar-refractivity contribution in [3.05, 3.63) is 35.4 Å². The molecule has 0 aliphatic rings. The molecular weight excluding hydrogens is 188 g/mol. The minimum absolute atomic E-state index is 0.755. The highest BCUT2D eigenvalue weighted by Crippen LogP contribution is 2.21. The van der Waals surface area contributed by atoms with Gasteiger partial charge in [0.25, 0.3) is 0 Å². The molecule has 0 N–H and O–H groups in total. The lowest BCUT2D eigenvalue weighted by Crippen LogP contribution is -1.88. The molecule has 1 aromatic carbocycles. The van der Waals surface area contributed by atoms with Gasteiger partial charge in [-0.05, 0) is 25.5 Å². The summed E-state index contributed by atoms with van der Waals surface area (Å²) in [5, 5.41) is 0. The van der Waals surface area contributed by atoms with Crippen LogP contribution in [-0.4, -0.2) is 20.8 Å². The van der Waals surface area contributed by atoms with Gasteiger partial charge >= 0.3 is 0 Å². The molecule has 0 unspecified atom stereocenters. The van der Waals surface area contributed by atoms with Crippen LogP contribution in [0.4, 0.5) is 0 Å². The summed E-state index contributed by atoms with van der Waals surface area (Å²) >= 11 is 0. The quantitative estimate of drug-likeness (QED) is 0.689. The Morgan fingerprint density at radius 3 is 2.73 bits per heavy atom. The summed E-state index contributed by atoms with van der Waals surface area (Å²) in [7, 11) is 3.40. The lowest BCUT2D eigenvalue weighted by molar-refractivity contribution is 0.204. The Labute approximate surface area is 91.5 Å². The maximum atomic E-state index is 5.27. The van der Waals surface area contributed by atoms with E-state index in [4.69, 9.17) is 9.47 Å². The van der Waals surface area contributed by atoms with Crippen molar-refractivity contribution in [1.29, 1.82) is 0 Å². The van der Waals surface area contributed by atoms with E-state index >= 15 is 0 Å². The zero-order chi connectivity index (χ0) is 11.1. The van der Waals surface area contributed by atoms with Crippen LogP contribution in [0.25, 0.3) is 6.08 Å². The average Bonchev–Trinajstić information content (AvgIpc) is 2.25. The second-order valence-corrected chi connectivity index (χ2v) is 3.43. The molecule has 0 saturated heterocycles. The van der Waals surface area contributed by atoms with Crippen molar-refractivity contribution < 1.29 is 9.47 Å². The van der Waals surface area contributed by atoms with E-state index in [0.29, 0.717) is 0 Å². The Kier molecular flexibility index (Phi) is 4.91. The number of ether oxygens (including phenoxy) is 2. The van der Waals surface area contributed by atoms with Crippen molar-refractivity contribution in [1.82, 2.24) is 0 Å². The predicted molar refractivity (Wildman–Crippen MR) is 63.3 cm³/mol. The molecule has 0 radical (unpaired) electrons. The first-order valence-corrected chi connectivity index (χ1v) is 5.08. The number of hydrogen-bond donors (Lipinski definition) is 0. The van der Waals surface area contributed by atoms with Gasteiger partial charge in [-0.1, -0.05) is 23.8 Å². The van der Waals surface area contributed by atoms with Crippen molar-refractivity contribution in [2.24, 2.45) is 0 Å². The minimum Gasteiger partial charge on any atom is -0.496 e. The van der Waals surface area contributed by atoms with Gasteiger partial charge in [-0.2, -0.15) is 0 Å². The van der Waals surface area contributed by atoms with Gasteiger partial charge in [0.05, 0.1) is 7.11 Å². The van der Waals surface area contributed by atoms with E-state index in [2.05, 4.69) is 25.1 Å². The Balaban J connectivity index is 2.73. The summed E-state index contributed by atoms with van der Waals surface area (Å²) in [6.45, 7) is 2.83. The lowest BCUT2D eigenvalue weighted by Gasteiger charge is -2.05. The molecule has 1 aromatic rings. The highest BCUT2D eigenvalue weighted by Gasteiger charge is 1.98. The maximum absolute atomic E-state index is 5.27. The highest BCUT2D eigenvalue weighted by atomic mass is 16.5. The monoisotopic (exact) mass is 206 g/mol. The maximum Gasteiger partial charge on any atom is 0.126 e. The second kappa shape index (κ2) is 6.25. The third-order valence-corrected chi connectivity index (χ3v) is 2.17. The molecule has 1 rings (SSSR count). The third-order valence-electron chi connectivity index (χ3n) is 2.17. The largest absolute Gasteiger partial charge is 0.496 e. The molecular formula is C13H18O2. The van der Waals surface area contributed by atoms with Crippen LogP contribution in [0, 0.1) is 6.92 Å². The van der Waals surface area contributed by atoms with Crippen LogP contribution in [-0.2, 0) is 4.74 Å². The molecule has 0 heterocycles. The summed E-state index contributed by atoms with van der Waals surface area (Å²) in [6.07, 6.45) is 5.10. The topological polar surface area (TPSA) is 18.5 Å². The molecule has 0 aromatic heterocycles. The SMILES string of the molecule is COCC/C=C/c1cc(C)ccc1OC. The zero-order valence-corrected chi connectivity index (χ0v) is 9.62. The van der Waals surface area contributed by atoms with Crippen molar-refractivity contribution in [2.45, 2.75) is 13.3 Å². The fraction of sp³-hybridized carbons (Fsp3) is 0.385. The van der Waals surface area contributed by atoms with E-state index in [1.165, 1.54) is 5.56 Å². The normalized spacial score (nSPS) is 10.9. The first-order valence-electron chi connectivity index (χ1n) is 5.08. The minimum atomic E-state index is 0.755. The fourth-order valence-corrected chi connectivity index (χ4v) is 1.38. The number of benzene rings is 1. The van der Waals surface area contributed by atoms with Crippen molar-refractivity contribution in [3.63, 3.8) is 0 Å². The molecule has 82 valence electrons. The molecule has 0 spiro atoms. The number of aryl methyl sites for hydroxylation is 1. The Bertz CT molecular complexity index is 329. The molecule has 15 heavy (non-hydrogen) atoms. The molecule has 2 heteroatoms. The van der Waals surface area contributed by atoms with Gasteiger partial charge in [0.2, 0.25) is 0 Å². The Hall–Kier alpha value is -1.28. The number of hydrogen-bond acceptors (Lipinski definition) is 2. The van der Waals surface area contributed by atoms with Gasteiger partial charge in [-0.25, -0.2) is 0 Å². The number of rotatable bonds is 5. The van der Waals surface area contributed by atoms with Crippen molar-refractivity contribution >= 4 is 6.08 Å². The summed E-state index contributed by atoms with van der Waals surface area (Å²) in [6, 6.07) is 6.15. The smallest absolute Gasteiger partial charge is 0.126 e. The summed E-state index contributed by atoms with van der Waals surface area (Å²) in [4.78, 5) is 0. The molecule has 0 aliphatic carbocycles. The first-order chi connectivity index (χ1) is 7.27. The van der Waals surface area contributed by atoms with E-state index < -0.39 is 0 Å². The van der Waals surface area contributed by atoms with Gasteiger partial charge < -0.3 is 9.47 Å². The summed E-state index contributed by atoms with van der Waals surface area (Å²) in [5.74, 6) is 0.911. The van der Waals surface area contributed by atoms with Crippen LogP contribution in [0.1, 0.15) is 17.5 Å². The van der Waals surface area contributed by atoms with E-state index in [-0.39, 0.29) is 0 Å². The van der Waals surface area contributed by atoms with Crippen LogP contribution in [0.3, 0.4) is 0 Å². The van der Waals surface area contributed by atoms with Gasteiger partial charge in [0.15, 0.2) is 0 Å². The van der Waals surface area contributed by atoms with Gasteiger partial charge in [-0.15, -0.1) is 0 Å². The average molecular weight is 206 g/mol. The lowest BCUT2D eigenvalue weighted by atomic mass is 10.1. The standard InChI is InChI=1S/C13H18O2/c1-11-7-8-13(15-3)12(10-11)6-4-5-9-14-2/h4,6-8,10H,5,9H2,1-3H3/b6-4+. The van der Waals surface area contributed by atoms with Crippen molar-refractivity contribution in [2.75, 3.05) is 20.8 Å². The Morgan fingerprint density at radius 2 is 2.07 bits per heavy atom. The zero-order valence-electron chi connectivity index (χ0n) is 9.62. The molecule has 2 nitrogen and oxygen atoms in total. The first kappa shape index (κ1) is 11.8. The molecule has 0 atom stereocenters.